The van der Waals surface area contributed by atoms with Crippen LogP contribution in [0.25, 0.3) is 0 Å². The zero-order valence-electron chi connectivity index (χ0n) is 3.70. The molecule has 0 unspecified atom stereocenters. The molecule has 0 aliphatic carbocycles. The molecule has 0 radical (unpaired) electrons. The Balaban J connectivity index is 0. The number of aliphatic hydroxyl groups is 3. The second kappa shape index (κ2) is 18.9. The van der Waals surface area contributed by atoms with E-state index < -0.39 is 0 Å². The van der Waals surface area contributed by atoms with Gasteiger partial charge in [0, 0.05) is 0 Å². The summed E-state index contributed by atoms with van der Waals surface area (Å²) in [5, 5.41) is 29.0. The van der Waals surface area contributed by atoms with Crippen LogP contribution in [0.4, 0.5) is 0 Å². The van der Waals surface area contributed by atoms with Crippen LogP contribution in [0.5, 0.6) is 0 Å². The Morgan fingerprint density at radius 3 is 1.43 bits per heavy atom. The summed E-state index contributed by atoms with van der Waals surface area (Å²) in [6.07, 6.45) is 0.750. The molecular formula is C3H7NO3. The lowest BCUT2D eigenvalue weighted by Crippen LogP contribution is -1.85. The summed E-state index contributed by atoms with van der Waals surface area (Å²) in [5.41, 5.74) is 0. The second-order valence-corrected chi connectivity index (χ2v) is 0.547. The first kappa shape index (κ1) is 9.51. The standard InChI is InChI=1S/C2H6O2.CHNO/c3-1-2-4;2-1-3/h3-4H,1-2H2;3H. The molecule has 0 heterocycles. The fraction of sp³-hybridized carbons (Fsp3) is 0.667. The molecule has 0 rings (SSSR count). The molecule has 0 bridgehead atoms. The summed E-state index contributed by atoms with van der Waals surface area (Å²) in [6.45, 7) is -0.250. The van der Waals surface area contributed by atoms with E-state index in [4.69, 9.17) is 20.6 Å². The normalized spacial score (nSPS) is 5.29. The molecule has 0 aromatic heterocycles. The van der Waals surface area contributed by atoms with Crippen molar-refractivity contribution in [3.05, 3.63) is 0 Å². The Morgan fingerprint density at radius 2 is 1.43 bits per heavy atom. The zero-order chi connectivity index (χ0) is 6.12. The van der Waals surface area contributed by atoms with Gasteiger partial charge in [-0.1, -0.05) is 0 Å². The highest BCUT2D eigenvalue weighted by molar-refractivity contribution is 4.30. The molecule has 7 heavy (non-hydrogen) atoms. The van der Waals surface area contributed by atoms with Crippen molar-refractivity contribution >= 4 is 0 Å². The average Bonchev–Trinajstić information content (AvgIpc) is 1.69. The van der Waals surface area contributed by atoms with Crippen molar-refractivity contribution in [3.63, 3.8) is 0 Å². The van der Waals surface area contributed by atoms with Gasteiger partial charge in [0.05, 0.1) is 13.2 Å². The average molecular weight is 105 g/mol. The van der Waals surface area contributed by atoms with E-state index in [1.165, 1.54) is 0 Å². The van der Waals surface area contributed by atoms with Gasteiger partial charge < -0.3 is 15.3 Å². The predicted molar refractivity (Wildman–Crippen MR) is 21.7 cm³/mol. The van der Waals surface area contributed by atoms with E-state index in [9.17, 15) is 0 Å². The zero-order valence-corrected chi connectivity index (χ0v) is 3.70. The van der Waals surface area contributed by atoms with Crippen LogP contribution in [-0.2, 0) is 0 Å². The van der Waals surface area contributed by atoms with Gasteiger partial charge in [0.2, 0.25) is 0 Å². The van der Waals surface area contributed by atoms with Crippen LogP contribution in [0, 0.1) is 11.5 Å². The van der Waals surface area contributed by atoms with Crippen LogP contribution in [0.2, 0.25) is 0 Å². The van der Waals surface area contributed by atoms with E-state index in [1.807, 2.05) is 0 Å². The molecule has 0 aliphatic rings. The van der Waals surface area contributed by atoms with Gasteiger partial charge in [-0.05, 0) is 0 Å². The maximum absolute atomic E-state index is 7.62. The summed E-state index contributed by atoms with van der Waals surface area (Å²) < 4.78 is 0. The first-order valence-corrected chi connectivity index (χ1v) is 1.58. The van der Waals surface area contributed by atoms with Crippen molar-refractivity contribution in [3.8, 4) is 6.26 Å². The maximum Gasteiger partial charge on any atom is 0.283 e. The molecular weight excluding hydrogens is 98.0 g/mol. The van der Waals surface area contributed by atoms with Gasteiger partial charge in [-0.15, -0.1) is 0 Å². The van der Waals surface area contributed by atoms with Crippen molar-refractivity contribution in [2.24, 2.45) is 0 Å². The molecule has 0 aromatic rings. The molecule has 0 fully saturated rings. The fourth-order valence-electron chi connectivity index (χ4n) is 0. The van der Waals surface area contributed by atoms with Gasteiger partial charge in [0.15, 0.2) is 0 Å². The van der Waals surface area contributed by atoms with Gasteiger partial charge >= 0.3 is 0 Å². The first-order chi connectivity index (χ1) is 3.33. The summed E-state index contributed by atoms with van der Waals surface area (Å²) in [7, 11) is 0. The Morgan fingerprint density at radius 1 is 1.29 bits per heavy atom. The van der Waals surface area contributed by atoms with Crippen LogP contribution >= 0.6 is 0 Å². The Kier molecular flexibility index (Phi) is 25.7. The van der Waals surface area contributed by atoms with E-state index in [0.29, 0.717) is 0 Å². The van der Waals surface area contributed by atoms with Gasteiger partial charge in [-0.2, -0.15) is 5.26 Å². The van der Waals surface area contributed by atoms with E-state index in [-0.39, 0.29) is 13.2 Å². The highest BCUT2D eigenvalue weighted by Crippen LogP contribution is 1.39. The largest absolute Gasteiger partial charge is 0.443 e. The highest BCUT2D eigenvalue weighted by atomic mass is 16.3. The molecule has 0 aromatic carbocycles. The molecule has 0 saturated heterocycles. The number of aliphatic hydroxyl groups excluding tert-OH is 3. The molecule has 42 valence electrons. The minimum atomic E-state index is -0.125. The molecule has 0 aliphatic heterocycles. The summed E-state index contributed by atoms with van der Waals surface area (Å²) in [4.78, 5) is 0. The van der Waals surface area contributed by atoms with Crippen molar-refractivity contribution < 1.29 is 15.3 Å². The van der Waals surface area contributed by atoms with Crippen molar-refractivity contribution in [1.29, 1.82) is 5.26 Å². The van der Waals surface area contributed by atoms with Crippen LogP contribution in [0.15, 0.2) is 0 Å². The predicted octanol–water partition coefficient (Wildman–Crippen LogP) is -1.19. The molecule has 0 saturated carbocycles. The topological polar surface area (TPSA) is 84.5 Å². The lowest BCUT2D eigenvalue weighted by atomic mass is 10.8. The van der Waals surface area contributed by atoms with Crippen LogP contribution in [0.3, 0.4) is 0 Å². The minimum absolute atomic E-state index is 0.125. The maximum atomic E-state index is 7.62. The van der Waals surface area contributed by atoms with E-state index in [1.54, 1.807) is 0 Å². The number of nitriles is 1. The number of rotatable bonds is 1. The Bertz CT molecular complexity index is 46.6. The number of hydrogen-bond acceptors (Lipinski definition) is 4. The third-order valence-corrected chi connectivity index (χ3v) is 0.1000. The van der Waals surface area contributed by atoms with E-state index in [0.717, 1.165) is 6.26 Å². The molecule has 3 N–H and O–H groups in total. The van der Waals surface area contributed by atoms with Gasteiger partial charge in [0.25, 0.3) is 6.26 Å². The molecule has 0 spiro atoms. The lowest BCUT2D eigenvalue weighted by molar-refractivity contribution is 0.186. The first-order valence-electron chi connectivity index (χ1n) is 1.58. The quantitative estimate of drug-likeness (QED) is 0.366. The second-order valence-electron chi connectivity index (χ2n) is 0.547. The third-order valence-electron chi connectivity index (χ3n) is 0.1000. The monoisotopic (exact) mass is 105 g/mol. The third kappa shape index (κ3) is 1220. The molecule has 4 heteroatoms. The number of hydrogen-bond donors (Lipinski definition) is 3. The smallest absolute Gasteiger partial charge is 0.283 e. The molecule has 0 atom stereocenters. The van der Waals surface area contributed by atoms with Crippen LogP contribution in [0.1, 0.15) is 0 Å². The fourth-order valence-corrected chi connectivity index (χ4v) is 0. The summed E-state index contributed by atoms with van der Waals surface area (Å²) >= 11 is 0. The van der Waals surface area contributed by atoms with Crippen molar-refractivity contribution in [2.45, 2.75) is 0 Å². The van der Waals surface area contributed by atoms with Crippen molar-refractivity contribution in [2.75, 3.05) is 13.2 Å². The van der Waals surface area contributed by atoms with E-state index in [2.05, 4.69) is 0 Å². The van der Waals surface area contributed by atoms with E-state index >= 15 is 0 Å². The lowest BCUT2D eigenvalue weighted by Gasteiger charge is -1.70. The number of nitrogens with zero attached hydrogens (tertiary/aromatic N) is 1. The molecule has 0 amide bonds. The van der Waals surface area contributed by atoms with Gasteiger partial charge in [-0.3, -0.25) is 0 Å². The van der Waals surface area contributed by atoms with Crippen LogP contribution < -0.4 is 0 Å². The minimum Gasteiger partial charge on any atom is -0.443 e. The Hall–Kier alpha value is -0.790. The van der Waals surface area contributed by atoms with Gasteiger partial charge in [-0.25, -0.2) is 0 Å². The van der Waals surface area contributed by atoms with Gasteiger partial charge in [0.1, 0.15) is 0 Å². The highest BCUT2D eigenvalue weighted by Gasteiger charge is 1.58. The Labute approximate surface area is 41.3 Å². The summed E-state index contributed by atoms with van der Waals surface area (Å²) in [6, 6.07) is 0. The van der Waals surface area contributed by atoms with Crippen LogP contribution in [-0.4, -0.2) is 28.5 Å². The molecule has 4 nitrogen and oxygen atoms in total. The SMILES string of the molecule is N#CO.OCCO. The summed E-state index contributed by atoms with van der Waals surface area (Å²) in [5.74, 6) is 0. The van der Waals surface area contributed by atoms with Crippen molar-refractivity contribution in [1.82, 2.24) is 0 Å².